The average Bonchev–Trinajstić information content (AvgIpc) is 2.15. The lowest BCUT2D eigenvalue weighted by molar-refractivity contribution is -0.139. The molecule has 1 rings (SSSR count). The second-order valence-corrected chi connectivity index (χ2v) is 3.14. The highest BCUT2D eigenvalue weighted by Gasteiger charge is 2.20. The normalized spacial score (nSPS) is 24.2. The molecule has 0 aliphatic carbocycles. The van der Waals surface area contributed by atoms with E-state index in [1.54, 1.807) is 6.08 Å². The highest BCUT2D eigenvalue weighted by molar-refractivity contribution is 5.67. The number of allylic oxidation sites excluding steroid dienone is 1. The summed E-state index contributed by atoms with van der Waals surface area (Å²) in [7, 11) is 0. The molecule has 0 N–H and O–H groups in total. The SMILES string of the molecule is C/C=C(/OC(C)=O)C1CCCCO1. The highest BCUT2D eigenvalue weighted by atomic mass is 16.6. The zero-order valence-electron chi connectivity index (χ0n) is 8.21. The molecule has 1 heterocycles. The number of hydrogen-bond acceptors (Lipinski definition) is 3. The molecule has 0 bridgehead atoms. The van der Waals surface area contributed by atoms with Crippen LogP contribution in [0.15, 0.2) is 11.8 Å². The first-order valence-electron chi connectivity index (χ1n) is 4.70. The minimum absolute atomic E-state index is 0.0114. The van der Waals surface area contributed by atoms with Crippen LogP contribution in [0.3, 0.4) is 0 Å². The largest absolute Gasteiger partial charge is 0.429 e. The Bertz CT molecular complexity index is 202. The van der Waals surface area contributed by atoms with Gasteiger partial charge in [-0.1, -0.05) is 0 Å². The highest BCUT2D eigenvalue weighted by Crippen LogP contribution is 2.20. The van der Waals surface area contributed by atoms with Gasteiger partial charge in [0.2, 0.25) is 0 Å². The summed E-state index contributed by atoms with van der Waals surface area (Å²) >= 11 is 0. The molecule has 0 radical (unpaired) electrons. The number of carbonyl (C=O) groups excluding carboxylic acids is 1. The number of ether oxygens (including phenoxy) is 2. The number of rotatable bonds is 2. The fourth-order valence-electron chi connectivity index (χ4n) is 1.44. The van der Waals surface area contributed by atoms with Gasteiger partial charge < -0.3 is 9.47 Å². The Morgan fingerprint density at radius 3 is 2.77 bits per heavy atom. The Kier molecular flexibility index (Phi) is 3.96. The molecule has 1 atom stereocenters. The van der Waals surface area contributed by atoms with Gasteiger partial charge in [-0.3, -0.25) is 4.79 Å². The van der Waals surface area contributed by atoms with Crippen LogP contribution in [-0.4, -0.2) is 18.7 Å². The summed E-state index contributed by atoms with van der Waals surface area (Å²) < 4.78 is 10.5. The van der Waals surface area contributed by atoms with Crippen molar-refractivity contribution in [2.24, 2.45) is 0 Å². The third-order valence-corrected chi connectivity index (χ3v) is 2.04. The smallest absolute Gasteiger partial charge is 0.307 e. The van der Waals surface area contributed by atoms with Crippen molar-refractivity contribution in [3.8, 4) is 0 Å². The van der Waals surface area contributed by atoms with Gasteiger partial charge in [0.25, 0.3) is 0 Å². The molecule has 1 unspecified atom stereocenters. The van der Waals surface area contributed by atoms with E-state index in [9.17, 15) is 4.79 Å². The molecule has 0 amide bonds. The van der Waals surface area contributed by atoms with Gasteiger partial charge in [-0.15, -0.1) is 0 Å². The van der Waals surface area contributed by atoms with Crippen LogP contribution in [0.1, 0.15) is 33.1 Å². The molecule has 1 aliphatic rings. The molecule has 13 heavy (non-hydrogen) atoms. The van der Waals surface area contributed by atoms with Crippen molar-refractivity contribution in [3.05, 3.63) is 11.8 Å². The quantitative estimate of drug-likeness (QED) is 0.486. The van der Waals surface area contributed by atoms with E-state index >= 15 is 0 Å². The standard InChI is InChI=1S/C10H16O3/c1-3-9(13-8(2)11)10-6-4-5-7-12-10/h3,10H,4-7H2,1-2H3/b9-3+. The molecular formula is C10H16O3. The van der Waals surface area contributed by atoms with Crippen molar-refractivity contribution < 1.29 is 14.3 Å². The van der Waals surface area contributed by atoms with Crippen LogP contribution in [0.25, 0.3) is 0 Å². The Balaban J connectivity index is 2.50. The molecule has 1 fully saturated rings. The van der Waals surface area contributed by atoms with E-state index in [0.29, 0.717) is 5.76 Å². The molecule has 0 saturated carbocycles. The van der Waals surface area contributed by atoms with Crippen molar-refractivity contribution in [3.63, 3.8) is 0 Å². The van der Waals surface area contributed by atoms with Gasteiger partial charge in [-0.25, -0.2) is 0 Å². The van der Waals surface area contributed by atoms with E-state index < -0.39 is 0 Å². The maximum atomic E-state index is 10.7. The Morgan fingerprint density at radius 1 is 1.54 bits per heavy atom. The van der Waals surface area contributed by atoms with E-state index in [-0.39, 0.29) is 12.1 Å². The zero-order valence-corrected chi connectivity index (χ0v) is 8.21. The number of esters is 1. The van der Waals surface area contributed by atoms with Gasteiger partial charge in [0, 0.05) is 13.5 Å². The van der Waals surface area contributed by atoms with Crippen molar-refractivity contribution in [2.45, 2.75) is 39.2 Å². The first-order valence-corrected chi connectivity index (χ1v) is 4.70. The molecular weight excluding hydrogens is 168 g/mol. The first kappa shape index (κ1) is 10.3. The van der Waals surface area contributed by atoms with E-state index in [2.05, 4.69) is 0 Å². The fourth-order valence-corrected chi connectivity index (χ4v) is 1.44. The predicted octanol–water partition coefficient (Wildman–Crippen LogP) is 2.02. The molecule has 3 nitrogen and oxygen atoms in total. The minimum Gasteiger partial charge on any atom is -0.429 e. The molecule has 0 spiro atoms. The monoisotopic (exact) mass is 184 g/mol. The van der Waals surface area contributed by atoms with Gasteiger partial charge in [0.05, 0.1) is 0 Å². The van der Waals surface area contributed by atoms with E-state index in [1.165, 1.54) is 6.92 Å². The second kappa shape index (κ2) is 5.02. The lowest BCUT2D eigenvalue weighted by atomic mass is 10.1. The van der Waals surface area contributed by atoms with E-state index in [1.807, 2.05) is 6.92 Å². The topological polar surface area (TPSA) is 35.5 Å². The maximum absolute atomic E-state index is 10.7. The lowest BCUT2D eigenvalue weighted by Gasteiger charge is -2.23. The minimum atomic E-state index is -0.276. The number of carbonyl (C=O) groups is 1. The average molecular weight is 184 g/mol. The van der Waals surface area contributed by atoms with E-state index in [0.717, 1.165) is 25.9 Å². The van der Waals surface area contributed by atoms with Gasteiger partial charge in [0.1, 0.15) is 11.9 Å². The summed E-state index contributed by atoms with van der Waals surface area (Å²) in [6.07, 6.45) is 4.99. The lowest BCUT2D eigenvalue weighted by Crippen LogP contribution is -2.23. The molecule has 74 valence electrons. The third kappa shape index (κ3) is 3.19. The Hall–Kier alpha value is -0.830. The first-order chi connectivity index (χ1) is 6.24. The summed E-state index contributed by atoms with van der Waals surface area (Å²) in [5.41, 5.74) is 0. The molecule has 1 saturated heterocycles. The Labute approximate surface area is 78.7 Å². The molecule has 0 aromatic rings. The summed E-state index contributed by atoms with van der Waals surface area (Å²) in [6, 6.07) is 0. The van der Waals surface area contributed by atoms with Crippen LogP contribution in [0.5, 0.6) is 0 Å². The summed E-state index contributed by atoms with van der Waals surface area (Å²) in [5.74, 6) is 0.384. The van der Waals surface area contributed by atoms with E-state index in [4.69, 9.17) is 9.47 Å². The second-order valence-electron chi connectivity index (χ2n) is 3.14. The maximum Gasteiger partial charge on any atom is 0.307 e. The van der Waals surface area contributed by atoms with Gasteiger partial charge >= 0.3 is 5.97 Å². The van der Waals surface area contributed by atoms with Crippen molar-refractivity contribution in [1.29, 1.82) is 0 Å². The Morgan fingerprint density at radius 2 is 2.31 bits per heavy atom. The molecule has 3 heteroatoms. The van der Waals surface area contributed by atoms with Crippen molar-refractivity contribution >= 4 is 5.97 Å². The number of hydrogen-bond donors (Lipinski definition) is 0. The van der Waals surface area contributed by atoms with Crippen LogP contribution in [0.2, 0.25) is 0 Å². The van der Waals surface area contributed by atoms with Crippen LogP contribution in [-0.2, 0) is 14.3 Å². The van der Waals surface area contributed by atoms with Crippen molar-refractivity contribution in [2.75, 3.05) is 6.61 Å². The predicted molar refractivity (Wildman–Crippen MR) is 49.1 cm³/mol. The van der Waals surface area contributed by atoms with Crippen LogP contribution in [0.4, 0.5) is 0 Å². The molecule has 0 aromatic heterocycles. The molecule has 0 aromatic carbocycles. The van der Waals surface area contributed by atoms with Gasteiger partial charge in [-0.2, -0.15) is 0 Å². The van der Waals surface area contributed by atoms with Crippen molar-refractivity contribution in [1.82, 2.24) is 0 Å². The van der Waals surface area contributed by atoms with Crippen LogP contribution < -0.4 is 0 Å². The third-order valence-electron chi connectivity index (χ3n) is 2.04. The summed E-state index contributed by atoms with van der Waals surface area (Å²) in [5, 5.41) is 0. The summed E-state index contributed by atoms with van der Waals surface area (Å²) in [6.45, 7) is 4.03. The zero-order chi connectivity index (χ0) is 9.68. The van der Waals surface area contributed by atoms with Crippen LogP contribution in [0, 0.1) is 0 Å². The fraction of sp³-hybridized carbons (Fsp3) is 0.700. The van der Waals surface area contributed by atoms with Gasteiger partial charge in [-0.05, 0) is 32.3 Å². The van der Waals surface area contributed by atoms with Gasteiger partial charge in [0.15, 0.2) is 0 Å². The summed E-state index contributed by atoms with van der Waals surface area (Å²) in [4.78, 5) is 10.7. The molecule has 1 aliphatic heterocycles. The van der Waals surface area contributed by atoms with Crippen LogP contribution >= 0.6 is 0 Å².